The van der Waals surface area contributed by atoms with E-state index in [1.165, 1.54) is 6.07 Å². The zero-order valence-corrected chi connectivity index (χ0v) is 21.2. The molecule has 4 rings (SSSR count). The van der Waals surface area contributed by atoms with Gasteiger partial charge in [-0.2, -0.15) is 5.10 Å². The molecular formula is C27H36FN5O2. The van der Waals surface area contributed by atoms with Gasteiger partial charge in [-0.05, 0) is 71.0 Å². The second kappa shape index (κ2) is 11.3. The maximum Gasteiger partial charge on any atom is 0.252 e. The summed E-state index contributed by atoms with van der Waals surface area (Å²) in [5.74, 6) is -0.377. The molecule has 0 unspecified atom stereocenters. The van der Waals surface area contributed by atoms with Gasteiger partial charge in [0.2, 0.25) is 0 Å². The van der Waals surface area contributed by atoms with Crippen LogP contribution in [0.1, 0.15) is 68.4 Å². The van der Waals surface area contributed by atoms with Crippen molar-refractivity contribution >= 4 is 16.9 Å². The highest BCUT2D eigenvalue weighted by Gasteiger charge is 2.22. The molecule has 1 aliphatic heterocycles. The first-order valence-electron chi connectivity index (χ1n) is 12.6. The molecule has 0 radical (unpaired) electrons. The van der Waals surface area contributed by atoms with E-state index in [-0.39, 0.29) is 23.8 Å². The molecule has 0 aliphatic carbocycles. The van der Waals surface area contributed by atoms with Crippen molar-refractivity contribution in [1.29, 1.82) is 0 Å². The maximum atomic E-state index is 14.7. The molecule has 1 aromatic carbocycles. The van der Waals surface area contributed by atoms with E-state index < -0.39 is 0 Å². The fourth-order valence-corrected chi connectivity index (χ4v) is 4.49. The van der Waals surface area contributed by atoms with Crippen LogP contribution in [0.5, 0.6) is 0 Å². The van der Waals surface area contributed by atoms with E-state index in [1.54, 1.807) is 18.3 Å². The number of ether oxygens (including phenoxy) is 1. The third-order valence-corrected chi connectivity index (χ3v) is 6.53. The van der Waals surface area contributed by atoms with Crippen molar-refractivity contribution in [2.45, 2.75) is 65.1 Å². The fraction of sp³-hybridized carbons (Fsp3) is 0.519. The molecule has 1 aliphatic rings. The lowest BCUT2D eigenvalue weighted by Crippen LogP contribution is -2.39. The van der Waals surface area contributed by atoms with E-state index in [1.807, 2.05) is 31.6 Å². The van der Waals surface area contributed by atoms with Crippen LogP contribution in [0.25, 0.3) is 22.3 Å². The van der Waals surface area contributed by atoms with Crippen molar-refractivity contribution in [3.8, 4) is 11.3 Å². The zero-order valence-electron chi connectivity index (χ0n) is 21.2. The first kappa shape index (κ1) is 25.3. The fourth-order valence-electron chi connectivity index (χ4n) is 4.49. The molecule has 3 aromatic rings. The SMILES string of the molecule is CCCCN(C)Cc1cc(-c2cc(C(=O)NC3CCOCC3)c3cnn(C(C)C)c3n2)ccc1F. The smallest absolute Gasteiger partial charge is 0.252 e. The van der Waals surface area contributed by atoms with Crippen molar-refractivity contribution in [2.75, 3.05) is 26.8 Å². The lowest BCUT2D eigenvalue weighted by molar-refractivity contribution is 0.0697. The predicted octanol–water partition coefficient (Wildman–Crippen LogP) is 4.96. The Kier molecular flexibility index (Phi) is 8.13. The number of amides is 1. The molecule has 1 fully saturated rings. The van der Waals surface area contributed by atoms with Gasteiger partial charge in [-0.1, -0.05) is 13.3 Å². The average Bonchev–Trinajstić information content (AvgIpc) is 3.28. The minimum absolute atomic E-state index is 0.0812. The van der Waals surface area contributed by atoms with E-state index >= 15 is 0 Å². The normalized spacial score (nSPS) is 14.8. The van der Waals surface area contributed by atoms with E-state index in [4.69, 9.17) is 9.72 Å². The van der Waals surface area contributed by atoms with Crippen LogP contribution in [-0.4, -0.2) is 58.4 Å². The summed E-state index contributed by atoms with van der Waals surface area (Å²) in [4.78, 5) is 20.4. The second-order valence-electron chi connectivity index (χ2n) is 9.73. The van der Waals surface area contributed by atoms with Gasteiger partial charge in [-0.15, -0.1) is 0 Å². The van der Waals surface area contributed by atoms with Crippen LogP contribution in [0, 0.1) is 5.82 Å². The first-order chi connectivity index (χ1) is 16.9. The molecule has 0 saturated carbocycles. The number of carbonyl (C=O) groups is 1. The van der Waals surface area contributed by atoms with Gasteiger partial charge in [0.15, 0.2) is 5.65 Å². The van der Waals surface area contributed by atoms with Crippen molar-refractivity contribution in [3.05, 3.63) is 47.4 Å². The molecule has 7 nitrogen and oxygen atoms in total. The van der Waals surface area contributed by atoms with Crippen molar-refractivity contribution in [2.24, 2.45) is 0 Å². The summed E-state index contributed by atoms with van der Waals surface area (Å²) in [6.07, 6.45) is 5.47. The second-order valence-corrected chi connectivity index (χ2v) is 9.73. The molecule has 188 valence electrons. The molecule has 1 amide bonds. The molecule has 8 heteroatoms. The van der Waals surface area contributed by atoms with Crippen LogP contribution >= 0.6 is 0 Å². The molecule has 0 atom stereocenters. The standard InChI is InChI=1S/C27H36FN5O2/c1-5-6-11-32(4)17-20-14-19(7-8-24(20)28)25-15-22(27(34)30-21-9-12-35-13-10-21)23-16-29-33(18(2)3)26(23)31-25/h7-8,14-16,18,21H,5-6,9-13,17H2,1-4H3,(H,30,34). The van der Waals surface area contributed by atoms with E-state index in [0.717, 1.165) is 37.8 Å². The van der Waals surface area contributed by atoms with Gasteiger partial charge < -0.3 is 15.0 Å². The number of unbranched alkanes of at least 4 members (excludes halogenated alkanes) is 1. The van der Waals surface area contributed by atoms with Crippen LogP contribution in [0.4, 0.5) is 4.39 Å². The van der Waals surface area contributed by atoms with Crippen LogP contribution in [0.15, 0.2) is 30.5 Å². The highest BCUT2D eigenvalue weighted by atomic mass is 19.1. The summed E-state index contributed by atoms with van der Waals surface area (Å²) in [7, 11) is 2.01. The predicted molar refractivity (Wildman–Crippen MR) is 136 cm³/mol. The van der Waals surface area contributed by atoms with E-state index in [2.05, 4.69) is 22.2 Å². The topological polar surface area (TPSA) is 72.3 Å². The number of hydrogen-bond acceptors (Lipinski definition) is 5. The van der Waals surface area contributed by atoms with Crippen LogP contribution in [0.3, 0.4) is 0 Å². The highest BCUT2D eigenvalue weighted by molar-refractivity contribution is 6.06. The summed E-state index contributed by atoms with van der Waals surface area (Å²) in [6.45, 7) is 8.94. The number of carbonyl (C=O) groups excluding carboxylic acids is 1. The zero-order chi connectivity index (χ0) is 24.9. The third-order valence-electron chi connectivity index (χ3n) is 6.53. The molecule has 35 heavy (non-hydrogen) atoms. The average molecular weight is 482 g/mol. The van der Waals surface area contributed by atoms with Crippen molar-refractivity contribution < 1.29 is 13.9 Å². The summed E-state index contributed by atoms with van der Waals surface area (Å²) in [6, 6.07) is 7.04. The Balaban J connectivity index is 1.72. The van der Waals surface area contributed by atoms with Gasteiger partial charge >= 0.3 is 0 Å². The number of hydrogen-bond donors (Lipinski definition) is 1. The Hall–Kier alpha value is -2.84. The van der Waals surface area contributed by atoms with Gasteiger partial charge in [0.1, 0.15) is 5.82 Å². The molecular weight excluding hydrogens is 445 g/mol. The maximum absolute atomic E-state index is 14.7. The lowest BCUT2D eigenvalue weighted by atomic mass is 10.0. The molecule has 2 aromatic heterocycles. The minimum atomic E-state index is -0.233. The lowest BCUT2D eigenvalue weighted by Gasteiger charge is -2.23. The molecule has 3 heterocycles. The largest absolute Gasteiger partial charge is 0.381 e. The first-order valence-corrected chi connectivity index (χ1v) is 12.6. The third kappa shape index (κ3) is 5.87. The Bertz CT molecular complexity index is 1170. The number of benzene rings is 1. The number of pyridine rings is 1. The number of nitrogens with one attached hydrogen (secondary N) is 1. The van der Waals surface area contributed by atoms with Gasteiger partial charge in [-0.3, -0.25) is 4.79 Å². The molecule has 1 saturated heterocycles. The van der Waals surface area contributed by atoms with E-state index in [0.29, 0.717) is 47.6 Å². The van der Waals surface area contributed by atoms with Crippen molar-refractivity contribution in [3.63, 3.8) is 0 Å². The van der Waals surface area contributed by atoms with Crippen LogP contribution in [0.2, 0.25) is 0 Å². The number of aromatic nitrogens is 3. The van der Waals surface area contributed by atoms with Gasteiger partial charge in [0.25, 0.3) is 5.91 Å². The molecule has 0 spiro atoms. The Morgan fingerprint density at radius 1 is 1.29 bits per heavy atom. The quantitative estimate of drug-likeness (QED) is 0.468. The monoisotopic (exact) mass is 481 g/mol. The summed E-state index contributed by atoms with van der Waals surface area (Å²) < 4.78 is 21.9. The van der Waals surface area contributed by atoms with Crippen molar-refractivity contribution in [1.82, 2.24) is 25.0 Å². The number of halogens is 1. The number of fused-ring (bicyclic) bond motifs is 1. The summed E-state index contributed by atoms with van der Waals surface area (Å²) >= 11 is 0. The Morgan fingerprint density at radius 3 is 2.77 bits per heavy atom. The minimum Gasteiger partial charge on any atom is -0.381 e. The van der Waals surface area contributed by atoms with Gasteiger partial charge in [0, 0.05) is 43.0 Å². The highest BCUT2D eigenvalue weighted by Crippen LogP contribution is 2.28. The number of rotatable bonds is 9. The summed E-state index contributed by atoms with van der Waals surface area (Å²) in [5.41, 5.74) is 3.22. The Morgan fingerprint density at radius 2 is 2.06 bits per heavy atom. The number of nitrogens with zero attached hydrogens (tertiary/aromatic N) is 4. The van der Waals surface area contributed by atoms with Crippen LogP contribution < -0.4 is 5.32 Å². The Labute approximate surface area is 206 Å². The molecule has 1 N–H and O–H groups in total. The van der Waals surface area contributed by atoms with Gasteiger partial charge in [-0.25, -0.2) is 14.1 Å². The molecule has 0 bridgehead atoms. The van der Waals surface area contributed by atoms with Crippen LogP contribution in [-0.2, 0) is 11.3 Å². The van der Waals surface area contributed by atoms with Gasteiger partial charge in [0.05, 0.1) is 22.8 Å². The van der Waals surface area contributed by atoms with E-state index in [9.17, 15) is 9.18 Å². The summed E-state index contributed by atoms with van der Waals surface area (Å²) in [5, 5.41) is 8.38.